The van der Waals surface area contributed by atoms with E-state index in [-0.39, 0.29) is 0 Å². The summed E-state index contributed by atoms with van der Waals surface area (Å²) in [6.45, 7) is 2.05. The van der Waals surface area contributed by atoms with Gasteiger partial charge in [0.1, 0.15) is 0 Å². The predicted molar refractivity (Wildman–Crippen MR) is 75.0 cm³/mol. The maximum Gasteiger partial charge on any atom is 0.232 e. The maximum absolute atomic E-state index is 5.15. The largest absolute Gasteiger partial charge is 0.480 e. The normalized spacial score (nSPS) is 20.7. The minimum absolute atomic E-state index is 0.560. The summed E-state index contributed by atoms with van der Waals surface area (Å²) < 4.78 is 5.92. The fraction of sp³-hybridized carbons (Fsp3) is 0.667. The second-order valence-corrected chi connectivity index (χ2v) is 5.42. The third-order valence-electron chi connectivity index (χ3n) is 3.32. The molecule has 0 bridgehead atoms. The molecule has 2 heterocycles. The summed E-state index contributed by atoms with van der Waals surface area (Å²) in [5, 5.41) is 3.28. The van der Waals surface area contributed by atoms with Crippen molar-refractivity contribution in [1.82, 2.24) is 14.9 Å². The number of nitrogens with one attached hydrogen (secondary N) is 1. The van der Waals surface area contributed by atoms with Gasteiger partial charge in [-0.3, -0.25) is 0 Å². The van der Waals surface area contributed by atoms with E-state index in [4.69, 9.17) is 4.74 Å². The summed E-state index contributed by atoms with van der Waals surface area (Å²) in [7, 11) is 3.78. The van der Waals surface area contributed by atoms with Crippen LogP contribution in [-0.2, 0) is 0 Å². The highest BCUT2D eigenvalue weighted by Gasteiger charge is 2.18. The zero-order chi connectivity index (χ0) is 13.0. The summed E-state index contributed by atoms with van der Waals surface area (Å²) in [5.74, 6) is 1.18. The van der Waals surface area contributed by atoms with E-state index in [1.807, 2.05) is 0 Å². The van der Waals surface area contributed by atoms with Gasteiger partial charge < -0.3 is 15.0 Å². The molecule has 100 valence electrons. The van der Waals surface area contributed by atoms with Crippen LogP contribution in [0.15, 0.2) is 10.7 Å². The van der Waals surface area contributed by atoms with Crippen LogP contribution < -0.4 is 10.1 Å². The second kappa shape index (κ2) is 6.33. The van der Waals surface area contributed by atoms with Crippen LogP contribution in [0.1, 0.15) is 19.3 Å². The van der Waals surface area contributed by atoms with E-state index in [1.54, 1.807) is 13.3 Å². The lowest BCUT2D eigenvalue weighted by Gasteiger charge is -2.32. The highest BCUT2D eigenvalue weighted by molar-refractivity contribution is 9.10. The number of hydrogen-bond acceptors (Lipinski definition) is 5. The van der Waals surface area contributed by atoms with Gasteiger partial charge in [-0.15, -0.1) is 0 Å². The molecule has 6 heteroatoms. The summed E-state index contributed by atoms with van der Waals surface area (Å²) in [6, 6.07) is 0.567. The van der Waals surface area contributed by atoms with Gasteiger partial charge in [-0.05, 0) is 42.4 Å². The molecular weight excluding hydrogens is 296 g/mol. The molecule has 1 fully saturated rings. The first-order chi connectivity index (χ1) is 8.70. The number of halogens is 1. The standard InChI is InChI=1S/C12H19BrN4O/c1-17-6-4-3-5-9(17)7-14-12-15-8-10(13)11(16-12)18-2/h8-9H,3-7H2,1-2H3,(H,14,15,16). The third-order valence-corrected chi connectivity index (χ3v) is 3.87. The lowest BCUT2D eigenvalue weighted by molar-refractivity contribution is 0.194. The van der Waals surface area contributed by atoms with Crippen molar-refractivity contribution in [2.75, 3.05) is 32.6 Å². The number of likely N-dealkylation sites (N-methyl/N-ethyl adjacent to an activating group) is 1. The molecule has 1 N–H and O–H groups in total. The van der Waals surface area contributed by atoms with Gasteiger partial charge in [-0.2, -0.15) is 4.98 Å². The average molecular weight is 315 g/mol. The molecule has 0 aliphatic carbocycles. The molecule has 0 spiro atoms. The Labute approximate surface area is 116 Å². The van der Waals surface area contributed by atoms with Gasteiger partial charge >= 0.3 is 0 Å². The topological polar surface area (TPSA) is 50.3 Å². The minimum Gasteiger partial charge on any atom is -0.480 e. The Kier molecular flexibility index (Phi) is 4.77. The third kappa shape index (κ3) is 3.32. The lowest BCUT2D eigenvalue weighted by atomic mass is 10.0. The van der Waals surface area contributed by atoms with E-state index in [9.17, 15) is 0 Å². The van der Waals surface area contributed by atoms with Crippen LogP contribution in [0, 0.1) is 0 Å². The van der Waals surface area contributed by atoms with Crippen LogP contribution in [0.2, 0.25) is 0 Å². The molecule has 0 amide bonds. The summed E-state index contributed by atoms with van der Waals surface area (Å²) in [5.41, 5.74) is 0. The van der Waals surface area contributed by atoms with Crippen molar-refractivity contribution < 1.29 is 4.74 Å². The zero-order valence-corrected chi connectivity index (χ0v) is 12.4. The summed E-state index contributed by atoms with van der Waals surface area (Å²) in [4.78, 5) is 10.9. The highest BCUT2D eigenvalue weighted by atomic mass is 79.9. The van der Waals surface area contributed by atoms with Crippen molar-refractivity contribution in [3.63, 3.8) is 0 Å². The van der Waals surface area contributed by atoms with Crippen molar-refractivity contribution in [3.8, 4) is 5.88 Å². The molecule has 1 unspecified atom stereocenters. The van der Waals surface area contributed by atoms with Crippen molar-refractivity contribution in [2.24, 2.45) is 0 Å². The number of piperidine rings is 1. The van der Waals surface area contributed by atoms with Crippen LogP contribution in [0.3, 0.4) is 0 Å². The molecule has 1 atom stereocenters. The van der Waals surface area contributed by atoms with E-state index >= 15 is 0 Å². The van der Waals surface area contributed by atoms with Crippen LogP contribution >= 0.6 is 15.9 Å². The van der Waals surface area contributed by atoms with Crippen LogP contribution in [0.25, 0.3) is 0 Å². The number of aromatic nitrogens is 2. The minimum atomic E-state index is 0.560. The van der Waals surface area contributed by atoms with Gasteiger partial charge in [0.15, 0.2) is 0 Å². The molecule has 1 aromatic heterocycles. The second-order valence-electron chi connectivity index (χ2n) is 4.56. The van der Waals surface area contributed by atoms with Crippen molar-refractivity contribution in [2.45, 2.75) is 25.3 Å². The van der Waals surface area contributed by atoms with E-state index < -0.39 is 0 Å². The molecule has 1 aliphatic heterocycles. The number of nitrogens with zero attached hydrogens (tertiary/aromatic N) is 3. The Morgan fingerprint density at radius 3 is 3.11 bits per heavy atom. The fourth-order valence-electron chi connectivity index (χ4n) is 2.19. The van der Waals surface area contributed by atoms with E-state index in [2.05, 4.69) is 43.2 Å². The quantitative estimate of drug-likeness (QED) is 0.922. The Balaban J connectivity index is 1.93. The van der Waals surface area contributed by atoms with Crippen LogP contribution in [-0.4, -0.2) is 48.2 Å². The van der Waals surface area contributed by atoms with Crippen LogP contribution in [0.4, 0.5) is 5.95 Å². The zero-order valence-electron chi connectivity index (χ0n) is 10.8. The van der Waals surface area contributed by atoms with E-state index in [0.29, 0.717) is 17.9 Å². The van der Waals surface area contributed by atoms with Gasteiger partial charge in [0, 0.05) is 12.6 Å². The first kappa shape index (κ1) is 13.5. The van der Waals surface area contributed by atoms with Crippen LogP contribution in [0.5, 0.6) is 5.88 Å². The monoisotopic (exact) mass is 314 g/mol. The van der Waals surface area contributed by atoms with Gasteiger partial charge in [0.2, 0.25) is 11.8 Å². The average Bonchev–Trinajstić information content (AvgIpc) is 2.39. The van der Waals surface area contributed by atoms with Gasteiger partial charge in [-0.25, -0.2) is 4.98 Å². The maximum atomic E-state index is 5.15. The first-order valence-electron chi connectivity index (χ1n) is 6.21. The first-order valence-corrected chi connectivity index (χ1v) is 7.00. The van der Waals surface area contributed by atoms with Crippen molar-refractivity contribution >= 4 is 21.9 Å². The number of hydrogen-bond donors (Lipinski definition) is 1. The number of rotatable bonds is 4. The van der Waals surface area contributed by atoms with Crippen molar-refractivity contribution in [3.05, 3.63) is 10.7 Å². The Bertz CT molecular complexity index is 402. The number of anilines is 1. The molecule has 0 saturated carbocycles. The molecule has 1 saturated heterocycles. The molecule has 2 rings (SSSR count). The predicted octanol–water partition coefficient (Wildman–Crippen LogP) is 2.14. The van der Waals surface area contributed by atoms with E-state index in [0.717, 1.165) is 11.0 Å². The molecule has 0 radical (unpaired) electrons. The smallest absolute Gasteiger partial charge is 0.232 e. The molecule has 5 nitrogen and oxygen atoms in total. The summed E-state index contributed by atoms with van der Waals surface area (Å²) >= 11 is 3.34. The number of ether oxygens (including phenoxy) is 1. The molecule has 18 heavy (non-hydrogen) atoms. The molecule has 1 aliphatic rings. The lowest BCUT2D eigenvalue weighted by Crippen LogP contribution is -2.40. The number of methoxy groups -OCH3 is 1. The summed E-state index contributed by atoms with van der Waals surface area (Å²) in [6.07, 6.45) is 5.55. The number of likely N-dealkylation sites (tertiary alicyclic amines) is 1. The Hall–Kier alpha value is -0.880. The van der Waals surface area contributed by atoms with Gasteiger partial charge in [-0.1, -0.05) is 6.42 Å². The molecule has 0 aromatic carbocycles. The van der Waals surface area contributed by atoms with E-state index in [1.165, 1.54) is 25.8 Å². The molecule has 1 aromatic rings. The highest BCUT2D eigenvalue weighted by Crippen LogP contribution is 2.22. The molecular formula is C12H19BrN4O. The Morgan fingerprint density at radius 2 is 2.39 bits per heavy atom. The van der Waals surface area contributed by atoms with Crippen molar-refractivity contribution in [1.29, 1.82) is 0 Å². The SMILES string of the molecule is COc1nc(NCC2CCCCN2C)ncc1Br. The van der Waals surface area contributed by atoms with Gasteiger partial charge in [0.05, 0.1) is 17.8 Å². The Morgan fingerprint density at radius 1 is 1.56 bits per heavy atom. The fourth-order valence-corrected chi connectivity index (χ4v) is 2.54. The van der Waals surface area contributed by atoms with Gasteiger partial charge in [0.25, 0.3) is 0 Å².